The predicted octanol–water partition coefficient (Wildman–Crippen LogP) is 5.22. The molecule has 138 valence electrons. The van der Waals surface area contributed by atoms with Gasteiger partial charge in [-0.05, 0) is 25.5 Å². The van der Waals surface area contributed by atoms with Crippen LogP contribution < -0.4 is 4.90 Å². The van der Waals surface area contributed by atoms with E-state index in [9.17, 15) is 4.79 Å². The molecule has 0 unspecified atom stereocenters. The smallest absolute Gasteiger partial charge is 0.237 e. The summed E-state index contributed by atoms with van der Waals surface area (Å²) in [6.07, 6.45) is 0.996. The van der Waals surface area contributed by atoms with E-state index in [0.29, 0.717) is 11.0 Å². The van der Waals surface area contributed by atoms with E-state index in [2.05, 4.69) is 29.8 Å². The van der Waals surface area contributed by atoms with Crippen LogP contribution in [-0.4, -0.2) is 39.4 Å². The van der Waals surface area contributed by atoms with E-state index < -0.39 is 0 Å². The summed E-state index contributed by atoms with van der Waals surface area (Å²) >= 11 is 6.50. The molecule has 1 amide bonds. The molecule has 0 bridgehead atoms. The van der Waals surface area contributed by atoms with Crippen molar-refractivity contribution in [1.29, 1.82) is 0 Å². The normalized spacial score (nSPS) is 16.8. The van der Waals surface area contributed by atoms with Crippen molar-refractivity contribution in [2.75, 3.05) is 23.0 Å². The van der Waals surface area contributed by atoms with E-state index >= 15 is 0 Å². The molecule has 0 spiro atoms. The van der Waals surface area contributed by atoms with Gasteiger partial charge in [0.2, 0.25) is 5.91 Å². The van der Waals surface area contributed by atoms with Crippen molar-refractivity contribution >= 4 is 58.2 Å². The van der Waals surface area contributed by atoms with Gasteiger partial charge in [-0.2, -0.15) is 0 Å². The first-order chi connectivity index (χ1) is 12.5. The zero-order chi connectivity index (χ0) is 18.5. The van der Waals surface area contributed by atoms with E-state index in [1.165, 1.54) is 16.7 Å². The Balaban J connectivity index is 1.62. The molecule has 0 saturated carbocycles. The number of carbonyl (C=O) groups excluding carboxylic acids is 1. The number of benzene rings is 1. The van der Waals surface area contributed by atoms with Gasteiger partial charge in [0.1, 0.15) is 0 Å². The van der Waals surface area contributed by atoms with Gasteiger partial charge in [0, 0.05) is 22.4 Å². The van der Waals surface area contributed by atoms with Crippen molar-refractivity contribution in [3.8, 4) is 0 Å². The highest BCUT2D eigenvalue weighted by atomic mass is 32.2. The third-order valence-corrected chi connectivity index (χ3v) is 8.34. The summed E-state index contributed by atoms with van der Waals surface area (Å²) < 4.78 is 1.77. The molecule has 8 heteroatoms. The number of thioether (sulfide) groups is 3. The molecule has 1 aliphatic rings. The molecule has 3 rings (SSSR count). The number of amides is 1. The first kappa shape index (κ1) is 19.8. The topological polar surface area (TPSA) is 46.1 Å². The Kier molecular flexibility index (Phi) is 7.08. The number of nitrogens with zero attached hydrogens (tertiary/aromatic N) is 3. The molecule has 4 nitrogen and oxygen atoms in total. The van der Waals surface area contributed by atoms with Crippen LogP contribution in [0.3, 0.4) is 0 Å². The fourth-order valence-corrected chi connectivity index (χ4v) is 6.30. The van der Waals surface area contributed by atoms with Crippen molar-refractivity contribution in [3.63, 3.8) is 0 Å². The summed E-state index contributed by atoms with van der Waals surface area (Å²) in [5.74, 6) is 1.36. The molecule has 0 N–H and O–H groups in total. The van der Waals surface area contributed by atoms with Gasteiger partial charge >= 0.3 is 0 Å². The lowest BCUT2D eigenvalue weighted by Crippen LogP contribution is -2.33. The highest BCUT2D eigenvalue weighted by molar-refractivity contribution is 8.03. The van der Waals surface area contributed by atoms with Crippen LogP contribution in [0, 0.1) is 0 Å². The van der Waals surface area contributed by atoms with Gasteiger partial charge in [0.25, 0.3) is 0 Å². The molecule has 0 radical (unpaired) electrons. The quantitative estimate of drug-likeness (QED) is 0.469. The number of rotatable bonds is 6. The van der Waals surface area contributed by atoms with Crippen LogP contribution in [0.4, 0.5) is 5.69 Å². The lowest BCUT2D eigenvalue weighted by atomic mass is 10.2. The molecule has 26 heavy (non-hydrogen) atoms. The minimum atomic E-state index is 0.128. The molecule has 2 heterocycles. The Morgan fingerprint density at radius 3 is 2.69 bits per heavy atom. The fraction of sp³-hybridized carbons (Fsp3) is 0.389. The van der Waals surface area contributed by atoms with Gasteiger partial charge in [-0.3, -0.25) is 4.79 Å². The van der Waals surface area contributed by atoms with Crippen LogP contribution in [0.15, 0.2) is 50.0 Å². The number of aromatic nitrogens is 2. The first-order valence-electron chi connectivity index (χ1n) is 8.32. The summed E-state index contributed by atoms with van der Waals surface area (Å²) in [4.78, 5) is 16.0. The number of hydrogen-bond donors (Lipinski definition) is 0. The van der Waals surface area contributed by atoms with Gasteiger partial charge in [-0.15, -0.1) is 22.0 Å². The maximum Gasteiger partial charge on any atom is 0.237 e. The summed E-state index contributed by atoms with van der Waals surface area (Å²) in [5.41, 5.74) is 2.14. The van der Waals surface area contributed by atoms with E-state index in [-0.39, 0.29) is 5.91 Å². The second-order valence-corrected chi connectivity index (χ2v) is 11.0. The minimum absolute atomic E-state index is 0.128. The number of anilines is 1. The maximum atomic E-state index is 12.9. The standard InChI is InChI=1S/C18H21N3OS4/c1-12(2)10-23-17-19-20-18(26-17)24-11-16(22)21-9-8-13(3)25-15-7-5-4-6-14(15)21/h4-7,13H,1,8-11H2,2-3H3/t13-/m0/s1. The van der Waals surface area contributed by atoms with Gasteiger partial charge < -0.3 is 4.90 Å². The molecule has 0 fully saturated rings. The molecule has 2 aromatic rings. The predicted molar refractivity (Wildman–Crippen MR) is 115 cm³/mol. The molecular weight excluding hydrogens is 402 g/mol. The number of carbonyl (C=O) groups is 1. The SMILES string of the molecule is C=C(C)CSc1nnc(SCC(=O)N2CC[C@H](C)Sc3ccccc32)s1. The van der Waals surface area contributed by atoms with Crippen molar-refractivity contribution in [3.05, 3.63) is 36.4 Å². The lowest BCUT2D eigenvalue weighted by molar-refractivity contribution is -0.116. The first-order valence-corrected chi connectivity index (χ1v) is 12.0. The second kappa shape index (κ2) is 9.30. The molecule has 0 aliphatic carbocycles. The fourth-order valence-electron chi connectivity index (χ4n) is 2.45. The summed E-state index contributed by atoms with van der Waals surface area (Å²) in [7, 11) is 0. The zero-order valence-electron chi connectivity index (χ0n) is 14.8. The summed E-state index contributed by atoms with van der Waals surface area (Å²) in [6, 6.07) is 8.18. The van der Waals surface area contributed by atoms with E-state index in [4.69, 9.17) is 0 Å². The van der Waals surface area contributed by atoms with Gasteiger partial charge in [-0.1, -0.05) is 66.1 Å². The highest BCUT2D eigenvalue weighted by Gasteiger charge is 2.24. The summed E-state index contributed by atoms with van der Waals surface area (Å²) in [6.45, 7) is 8.88. The van der Waals surface area contributed by atoms with E-state index in [1.54, 1.807) is 23.1 Å². The van der Waals surface area contributed by atoms with Crippen LogP contribution in [-0.2, 0) is 4.79 Å². The average molecular weight is 424 g/mol. The van der Waals surface area contributed by atoms with Gasteiger partial charge in [0.15, 0.2) is 8.68 Å². The monoisotopic (exact) mass is 423 g/mol. The molecule has 1 aromatic heterocycles. The Morgan fingerprint density at radius 1 is 1.27 bits per heavy atom. The number of fused-ring (bicyclic) bond motifs is 1. The highest BCUT2D eigenvalue weighted by Crippen LogP contribution is 2.38. The second-order valence-electron chi connectivity index (χ2n) is 6.10. The van der Waals surface area contributed by atoms with Crippen LogP contribution in [0.1, 0.15) is 20.3 Å². The number of hydrogen-bond acceptors (Lipinski definition) is 7. The molecule has 1 aromatic carbocycles. The van der Waals surface area contributed by atoms with Gasteiger partial charge in [-0.25, -0.2) is 0 Å². The van der Waals surface area contributed by atoms with E-state index in [1.807, 2.05) is 41.8 Å². The van der Waals surface area contributed by atoms with Crippen LogP contribution in [0.25, 0.3) is 0 Å². The van der Waals surface area contributed by atoms with Crippen molar-refractivity contribution < 1.29 is 4.79 Å². The molecule has 0 saturated heterocycles. The van der Waals surface area contributed by atoms with Crippen molar-refractivity contribution in [2.45, 2.75) is 39.1 Å². The third-order valence-electron chi connectivity index (χ3n) is 3.69. The molecule has 1 aliphatic heterocycles. The van der Waals surface area contributed by atoms with Crippen molar-refractivity contribution in [1.82, 2.24) is 10.2 Å². The Hall–Kier alpha value is -0.960. The lowest BCUT2D eigenvalue weighted by Gasteiger charge is -2.22. The third kappa shape index (κ3) is 5.28. The Labute approximate surface area is 171 Å². The summed E-state index contributed by atoms with van der Waals surface area (Å²) in [5, 5.41) is 8.88. The van der Waals surface area contributed by atoms with Crippen molar-refractivity contribution in [2.24, 2.45) is 0 Å². The van der Waals surface area contributed by atoms with Crippen LogP contribution in [0.5, 0.6) is 0 Å². The van der Waals surface area contributed by atoms with Gasteiger partial charge in [0.05, 0.1) is 11.4 Å². The minimum Gasteiger partial charge on any atom is -0.311 e. The average Bonchev–Trinajstić information content (AvgIpc) is 3.00. The molecular formula is C18H21N3OS4. The van der Waals surface area contributed by atoms with Crippen LogP contribution in [0.2, 0.25) is 0 Å². The largest absolute Gasteiger partial charge is 0.311 e. The Bertz CT molecular complexity index is 792. The Morgan fingerprint density at radius 2 is 1.96 bits per heavy atom. The number of para-hydroxylation sites is 1. The maximum absolute atomic E-state index is 12.9. The zero-order valence-corrected chi connectivity index (χ0v) is 18.1. The van der Waals surface area contributed by atoms with E-state index in [0.717, 1.165) is 38.7 Å². The van der Waals surface area contributed by atoms with Crippen LogP contribution >= 0.6 is 46.6 Å². The molecule has 1 atom stereocenters.